The number of aryl methyl sites for hydroxylation is 1. The van der Waals surface area contributed by atoms with E-state index in [4.69, 9.17) is 4.74 Å². The highest BCUT2D eigenvalue weighted by atomic mass is 16.5. The first-order valence-electron chi connectivity index (χ1n) is 11.9. The number of amides is 3. The topological polar surface area (TPSA) is 79.0 Å². The second-order valence-corrected chi connectivity index (χ2v) is 9.54. The molecule has 2 fully saturated rings. The first-order chi connectivity index (χ1) is 16.3. The molecule has 2 aliphatic rings. The van der Waals surface area contributed by atoms with Crippen LogP contribution in [0.25, 0.3) is 0 Å². The SMILES string of the molecule is Cc1ccc(CN2CC(C(=O)NCc3ccc(C(=O)N4CC(C)OC(C)C4)cc3)CC2=O)cc1. The summed E-state index contributed by atoms with van der Waals surface area (Å²) < 4.78 is 5.71. The molecule has 2 aromatic carbocycles. The Hall–Kier alpha value is -3.19. The molecule has 1 N–H and O–H groups in total. The number of hydrogen-bond acceptors (Lipinski definition) is 4. The lowest BCUT2D eigenvalue weighted by molar-refractivity contribution is -0.129. The molecule has 7 heteroatoms. The van der Waals surface area contributed by atoms with Crippen LogP contribution in [-0.4, -0.2) is 59.4 Å². The number of carbonyl (C=O) groups excluding carboxylic acids is 3. The number of morpholine rings is 1. The van der Waals surface area contributed by atoms with Gasteiger partial charge >= 0.3 is 0 Å². The van der Waals surface area contributed by atoms with E-state index in [0.717, 1.165) is 11.1 Å². The van der Waals surface area contributed by atoms with Crippen molar-refractivity contribution < 1.29 is 19.1 Å². The van der Waals surface area contributed by atoms with Crippen LogP contribution < -0.4 is 5.32 Å². The average molecular weight is 464 g/mol. The number of hydrogen-bond donors (Lipinski definition) is 1. The molecule has 0 spiro atoms. The summed E-state index contributed by atoms with van der Waals surface area (Å²) in [5.74, 6) is -0.452. The van der Waals surface area contributed by atoms with Gasteiger partial charge in [0, 0.05) is 44.7 Å². The molecule has 2 aliphatic heterocycles. The van der Waals surface area contributed by atoms with Crippen molar-refractivity contribution in [2.45, 2.75) is 52.5 Å². The lowest BCUT2D eigenvalue weighted by Crippen LogP contribution is -2.48. The fourth-order valence-electron chi connectivity index (χ4n) is 4.64. The van der Waals surface area contributed by atoms with E-state index in [9.17, 15) is 14.4 Å². The second-order valence-electron chi connectivity index (χ2n) is 9.54. The first kappa shape index (κ1) is 24.0. The fourth-order valence-corrected chi connectivity index (χ4v) is 4.64. The summed E-state index contributed by atoms with van der Waals surface area (Å²) in [6, 6.07) is 15.4. The molecule has 0 radical (unpaired) electrons. The van der Waals surface area contributed by atoms with Gasteiger partial charge < -0.3 is 19.9 Å². The molecule has 7 nitrogen and oxygen atoms in total. The highest BCUT2D eigenvalue weighted by Crippen LogP contribution is 2.21. The van der Waals surface area contributed by atoms with E-state index >= 15 is 0 Å². The zero-order chi connectivity index (χ0) is 24.2. The van der Waals surface area contributed by atoms with E-state index in [1.54, 1.807) is 17.0 Å². The molecule has 180 valence electrons. The number of nitrogens with one attached hydrogen (secondary N) is 1. The summed E-state index contributed by atoms with van der Waals surface area (Å²) in [7, 11) is 0. The maximum Gasteiger partial charge on any atom is 0.254 e. The summed E-state index contributed by atoms with van der Waals surface area (Å²) in [6.07, 6.45) is 0.288. The summed E-state index contributed by atoms with van der Waals surface area (Å²) >= 11 is 0. The predicted octanol–water partition coefficient (Wildman–Crippen LogP) is 2.91. The van der Waals surface area contributed by atoms with Crippen LogP contribution in [-0.2, 0) is 27.4 Å². The van der Waals surface area contributed by atoms with Gasteiger partial charge in [0.05, 0.1) is 18.1 Å². The molecule has 2 heterocycles. The molecule has 3 atom stereocenters. The van der Waals surface area contributed by atoms with Crippen molar-refractivity contribution in [3.05, 3.63) is 70.8 Å². The molecule has 34 heavy (non-hydrogen) atoms. The highest BCUT2D eigenvalue weighted by Gasteiger charge is 2.34. The number of benzene rings is 2. The van der Waals surface area contributed by atoms with E-state index in [1.807, 2.05) is 62.1 Å². The van der Waals surface area contributed by atoms with Gasteiger partial charge in [-0.2, -0.15) is 0 Å². The Bertz CT molecular complexity index is 1020. The van der Waals surface area contributed by atoms with Crippen LogP contribution in [0.1, 0.15) is 47.3 Å². The Morgan fingerprint density at radius 2 is 1.56 bits per heavy atom. The van der Waals surface area contributed by atoms with Crippen LogP contribution in [0.4, 0.5) is 0 Å². The van der Waals surface area contributed by atoms with Crippen molar-refractivity contribution in [1.29, 1.82) is 0 Å². The minimum Gasteiger partial charge on any atom is -0.372 e. The Labute approximate surface area is 201 Å². The van der Waals surface area contributed by atoms with Crippen LogP contribution in [0.3, 0.4) is 0 Å². The lowest BCUT2D eigenvalue weighted by atomic mass is 10.1. The molecular weight excluding hydrogens is 430 g/mol. The largest absolute Gasteiger partial charge is 0.372 e. The number of likely N-dealkylation sites (tertiary alicyclic amines) is 1. The third-order valence-corrected chi connectivity index (χ3v) is 6.45. The number of rotatable bonds is 6. The molecule has 0 aromatic heterocycles. The lowest BCUT2D eigenvalue weighted by Gasteiger charge is -2.35. The zero-order valence-corrected chi connectivity index (χ0v) is 20.1. The van der Waals surface area contributed by atoms with Crippen LogP contribution >= 0.6 is 0 Å². The van der Waals surface area contributed by atoms with Gasteiger partial charge in [0.1, 0.15) is 0 Å². The monoisotopic (exact) mass is 463 g/mol. The van der Waals surface area contributed by atoms with Crippen LogP contribution in [0.2, 0.25) is 0 Å². The molecule has 2 aromatic rings. The van der Waals surface area contributed by atoms with E-state index in [-0.39, 0.29) is 42.3 Å². The molecule has 4 rings (SSSR count). The van der Waals surface area contributed by atoms with Crippen molar-refractivity contribution >= 4 is 17.7 Å². The summed E-state index contributed by atoms with van der Waals surface area (Å²) in [4.78, 5) is 41.5. The van der Waals surface area contributed by atoms with Crippen molar-refractivity contribution in [2.75, 3.05) is 19.6 Å². The Balaban J connectivity index is 1.27. The molecular formula is C27H33N3O4. The van der Waals surface area contributed by atoms with Gasteiger partial charge in [0.2, 0.25) is 11.8 Å². The Morgan fingerprint density at radius 3 is 2.21 bits per heavy atom. The van der Waals surface area contributed by atoms with E-state index in [2.05, 4.69) is 5.32 Å². The molecule has 2 saturated heterocycles. The van der Waals surface area contributed by atoms with Gasteiger partial charge in [-0.25, -0.2) is 0 Å². The third kappa shape index (κ3) is 5.83. The summed E-state index contributed by atoms with van der Waals surface area (Å²) in [5, 5.41) is 2.95. The van der Waals surface area contributed by atoms with Gasteiger partial charge in [-0.15, -0.1) is 0 Å². The zero-order valence-electron chi connectivity index (χ0n) is 20.1. The average Bonchev–Trinajstić information content (AvgIpc) is 3.18. The fraction of sp³-hybridized carbons (Fsp3) is 0.444. The van der Waals surface area contributed by atoms with Crippen molar-refractivity contribution in [3.8, 4) is 0 Å². The molecule has 3 unspecified atom stereocenters. The maximum atomic E-state index is 12.8. The normalized spacial score (nSPS) is 22.7. The van der Waals surface area contributed by atoms with Crippen molar-refractivity contribution in [1.82, 2.24) is 15.1 Å². The van der Waals surface area contributed by atoms with Crippen LogP contribution in [0.15, 0.2) is 48.5 Å². The highest BCUT2D eigenvalue weighted by molar-refractivity contribution is 5.94. The van der Waals surface area contributed by atoms with E-state index in [0.29, 0.717) is 38.3 Å². The maximum absolute atomic E-state index is 12.8. The van der Waals surface area contributed by atoms with Crippen molar-refractivity contribution in [3.63, 3.8) is 0 Å². The van der Waals surface area contributed by atoms with Crippen molar-refractivity contribution in [2.24, 2.45) is 5.92 Å². The molecule has 0 bridgehead atoms. The molecule has 0 aliphatic carbocycles. The molecule has 0 saturated carbocycles. The summed E-state index contributed by atoms with van der Waals surface area (Å²) in [5.41, 5.74) is 3.78. The second kappa shape index (κ2) is 10.4. The number of nitrogens with zero attached hydrogens (tertiary/aromatic N) is 2. The number of ether oxygens (including phenoxy) is 1. The van der Waals surface area contributed by atoms with Gasteiger partial charge in [-0.1, -0.05) is 42.0 Å². The van der Waals surface area contributed by atoms with Crippen LogP contribution in [0, 0.1) is 12.8 Å². The smallest absolute Gasteiger partial charge is 0.254 e. The van der Waals surface area contributed by atoms with Gasteiger partial charge in [0.15, 0.2) is 0 Å². The van der Waals surface area contributed by atoms with E-state index in [1.165, 1.54) is 5.56 Å². The quantitative estimate of drug-likeness (QED) is 0.715. The van der Waals surface area contributed by atoms with Gasteiger partial charge in [-0.3, -0.25) is 14.4 Å². The number of carbonyl (C=O) groups is 3. The third-order valence-electron chi connectivity index (χ3n) is 6.45. The standard InChI is InChI=1S/C27H33N3O4/c1-18-4-6-22(7-5-18)16-29-17-24(12-25(29)31)26(32)28-13-21-8-10-23(11-9-21)27(33)30-14-19(2)34-20(3)15-30/h4-11,19-20,24H,12-17H2,1-3H3,(H,28,32). The molecule has 3 amide bonds. The van der Waals surface area contributed by atoms with E-state index < -0.39 is 0 Å². The first-order valence-corrected chi connectivity index (χ1v) is 11.9. The minimum atomic E-state index is -0.343. The van der Waals surface area contributed by atoms with Gasteiger partial charge in [-0.05, 0) is 44.0 Å². The Kier molecular flexibility index (Phi) is 7.32. The summed E-state index contributed by atoms with van der Waals surface area (Å²) in [6.45, 7) is 8.47. The van der Waals surface area contributed by atoms with Gasteiger partial charge in [0.25, 0.3) is 5.91 Å². The minimum absolute atomic E-state index is 0.00396. The Morgan fingerprint density at radius 1 is 0.941 bits per heavy atom. The predicted molar refractivity (Wildman–Crippen MR) is 129 cm³/mol. The van der Waals surface area contributed by atoms with Crippen LogP contribution in [0.5, 0.6) is 0 Å².